The van der Waals surface area contributed by atoms with E-state index in [1.165, 1.54) is 0 Å². The van der Waals surface area contributed by atoms with Crippen LogP contribution in [0.2, 0.25) is 0 Å². The third-order valence-electron chi connectivity index (χ3n) is 5.44. The van der Waals surface area contributed by atoms with Crippen LogP contribution in [0.4, 0.5) is 11.4 Å². The van der Waals surface area contributed by atoms with E-state index in [2.05, 4.69) is 10.6 Å². The molecule has 2 aromatic carbocycles. The molecule has 164 valence electrons. The molecule has 0 aliphatic carbocycles. The second-order valence-electron chi connectivity index (χ2n) is 7.77. The van der Waals surface area contributed by atoms with Crippen molar-refractivity contribution in [1.29, 1.82) is 0 Å². The van der Waals surface area contributed by atoms with Gasteiger partial charge in [0.2, 0.25) is 11.8 Å². The maximum atomic E-state index is 12.4. The molecule has 0 aromatic heterocycles. The van der Waals surface area contributed by atoms with Crippen LogP contribution in [-0.2, 0) is 14.4 Å². The van der Waals surface area contributed by atoms with Crippen molar-refractivity contribution in [2.75, 3.05) is 29.9 Å². The Kier molecular flexibility index (Phi) is 7.28. The van der Waals surface area contributed by atoms with E-state index < -0.39 is 0 Å². The minimum atomic E-state index is -0.330. The monoisotopic (exact) mass is 423 g/mol. The number of nitrogens with one attached hydrogen (secondary N) is 2. The third kappa shape index (κ3) is 5.63. The summed E-state index contributed by atoms with van der Waals surface area (Å²) in [6.45, 7) is 6.81. The molecule has 1 saturated heterocycles. The Labute approximate surface area is 182 Å². The van der Waals surface area contributed by atoms with E-state index in [0.29, 0.717) is 24.5 Å². The van der Waals surface area contributed by atoms with Crippen LogP contribution in [-0.4, -0.2) is 37.4 Å². The normalized spacial score (nSPS) is 15.6. The van der Waals surface area contributed by atoms with E-state index in [4.69, 9.17) is 4.74 Å². The number of benzene rings is 2. The van der Waals surface area contributed by atoms with E-state index in [-0.39, 0.29) is 36.7 Å². The lowest BCUT2D eigenvalue weighted by molar-refractivity contribution is -0.126. The van der Waals surface area contributed by atoms with Crippen LogP contribution in [0.5, 0.6) is 5.75 Å². The summed E-state index contributed by atoms with van der Waals surface area (Å²) in [5, 5.41) is 5.71. The molecule has 3 rings (SSSR count). The predicted octanol–water partition coefficient (Wildman–Crippen LogP) is 3.20. The van der Waals surface area contributed by atoms with Crippen molar-refractivity contribution in [3.8, 4) is 5.75 Å². The highest BCUT2D eigenvalue weighted by molar-refractivity contribution is 6.00. The van der Waals surface area contributed by atoms with Gasteiger partial charge >= 0.3 is 0 Å². The van der Waals surface area contributed by atoms with Crippen LogP contribution in [0.3, 0.4) is 0 Å². The molecule has 1 aliphatic rings. The van der Waals surface area contributed by atoms with Gasteiger partial charge in [0.05, 0.1) is 5.92 Å². The Morgan fingerprint density at radius 1 is 1.13 bits per heavy atom. The molecule has 2 N–H and O–H groups in total. The Morgan fingerprint density at radius 3 is 2.58 bits per heavy atom. The topological polar surface area (TPSA) is 87.7 Å². The first kappa shape index (κ1) is 22.3. The van der Waals surface area contributed by atoms with Crippen molar-refractivity contribution in [3.63, 3.8) is 0 Å². The summed E-state index contributed by atoms with van der Waals surface area (Å²) in [5.41, 5.74) is 3.62. The van der Waals surface area contributed by atoms with Crippen molar-refractivity contribution in [2.24, 2.45) is 5.92 Å². The standard InChI is InChI=1S/C24H29N3O4/c1-4-12-25-24(30)18-13-23(29)27(14-18)19-8-10-20(11-9-19)31-15-22(28)26-21-7-5-6-16(2)17(21)3/h5-11,18H,4,12-15H2,1-3H3,(H,25,30)(H,26,28)/t18-/m1/s1. The van der Waals surface area contributed by atoms with Gasteiger partial charge in [0.1, 0.15) is 5.75 Å². The lowest BCUT2D eigenvalue weighted by atomic mass is 10.1. The molecule has 31 heavy (non-hydrogen) atoms. The quantitative estimate of drug-likeness (QED) is 0.683. The van der Waals surface area contributed by atoms with Crippen LogP contribution < -0.4 is 20.3 Å². The molecule has 0 radical (unpaired) electrons. The van der Waals surface area contributed by atoms with Crippen molar-refractivity contribution < 1.29 is 19.1 Å². The highest BCUT2D eigenvalue weighted by atomic mass is 16.5. The first-order valence-electron chi connectivity index (χ1n) is 10.6. The van der Waals surface area contributed by atoms with Gasteiger partial charge in [0.25, 0.3) is 5.91 Å². The highest BCUT2D eigenvalue weighted by Gasteiger charge is 2.34. The molecule has 1 atom stereocenters. The number of ether oxygens (including phenoxy) is 1. The molecular formula is C24H29N3O4. The van der Waals surface area contributed by atoms with Crippen molar-refractivity contribution in [1.82, 2.24) is 5.32 Å². The molecule has 0 spiro atoms. The van der Waals surface area contributed by atoms with Crippen molar-refractivity contribution in [3.05, 3.63) is 53.6 Å². The Bertz CT molecular complexity index is 956. The average Bonchev–Trinajstić information content (AvgIpc) is 3.16. The summed E-state index contributed by atoms with van der Waals surface area (Å²) < 4.78 is 5.58. The number of hydrogen-bond acceptors (Lipinski definition) is 4. The summed E-state index contributed by atoms with van der Waals surface area (Å²) >= 11 is 0. The molecule has 1 heterocycles. The Balaban J connectivity index is 1.53. The number of rotatable bonds is 8. The van der Waals surface area contributed by atoms with E-state index in [1.54, 1.807) is 29.2 Å². The molecule has 1 aliphatic heterocycles. The summed E-state index contributed by atoms with van der Waals surface area (Å²) in [6.07, 6.45) is 1.08. The Hall–Kier alpha value is -3.35. The lowest BCUT2D eigenvalue weighted by Crippen LogP contribution is -2.33. The van der Waals surface area contributed by atoms with Gasteiger partial charge in [-0.15, -0.1) is 0 Å². The second-order valence-corrected chi connectivity index (χ2v) is 7.77. The van der Waals surface area contributed by atoms with Gasteiger partial charge in [0, 0.05) is 30.9 Å². The summed E-state index contributed by atoms with van der Waals surface area (Å²) in [6, 6.07) is 12.7. The van der Waals surface area contributed by atoms with Crippen LogP contribution in [0, 0.1) is 19.8 Å². The number of carbonyl (C=O) groups excluding carboxylic acids is 3. The van der Waals surface area contributed by atoms with Crippen molar-refractivity contribution >= 4 is 29.1 Å². The molecule has 0 unspecified atom stereocenters. The van der Waals surface area contributed by atoms with E-state index in [1.807, 2.05) is 39.0 Å². The molecule has 0 bridgehead atoms. The smallest absolute Gasteiger partial charge is 0.262 e. The van der Waals surface area contributed by atoms with Crippen LogP contribution in [0.25, 0.3) is 0 Å². The van der Waals surface area contributed by atoms with Crippen molar-refractivity contribution in [2.45, 2.75) is 33.6 Å². The zero-order valence-corrected chi connectivity index (χ0v) is 18.2. The zero-order valence-electron chi connectivity index (χ0n) is 18.2. The first-order chi connectivity index (χ1) is 14.9. The van der Waals surface area contributed by atoms with Gasteiger partial charge in [0.15, 0.2) is 6.61 Å². The molecule has 2 aromatic rings. The molecule has 7 nitrogen and oxygen atoms in total. The number of amides is 3. The number of anilines is 2. The Morgan fingerprint density at radius 2 is 1.87 bits per heavy atom. The minimum Gasteiger partial charge on any atom is -0.484 e. The fourth-order valence-corrected chi connectivity index (χ4v) is 3.47. The molecule has 7 heteroatoms. The summed E-state index contributed by atoms with van der Waals surface area (Å²) in [4.78, 5) is 38.3. The van der Waals surface area contributed by atoms with E-state index in [9.17, 15) is 14.4 Å². The van der Waals surface area contributed by atoms with Gasteiger partial charge in [-0.2, -0.15) is 0 Å². The average molecular weight is 424 g/mol. The van der Waals surface area contributed by atoms with E-state index in [0.717, 1.165) is 23.2 Å². The lowest BCUT2D eigenvalue weighted by Gasteiger charge is -2.17. The predicted molar refractivity (Wildman–Crippen MR) is 120 cm³/mol. The van der Waals surface area contributed by atoms with Gasteiger partial charge < -0.3 is 20.3 Å². The maximum absolute atomic E-state index is 12.4. The van der Waals surface area contributed by atoms with Crippen LogP contribution >= 0.6 is 0 Å². The molecule has 1 fully saturated rings. The summed E-state index contributed by atoms with van der Waals surface area (Å²) in [7, 11) is 0. The molecular weight excluding hydrogens is 394 g/mol. The van der Waals surface area contributed by atoms with Crippen LogP contribution in [0.15, 0.2) is 42.5 Å². The number of nitrogens with zero attached hydrogens (tertiary/aromatic N) is 1. The van der Waals surface area contributed by atoms with Gasteiger partial charge in [-0.3, -0.25) is 14.4 Å². The zero-order chi connectivity index (χ0) is 22.4. The highest BCUT2D eigenvalue weighted by Crippen LogP contribution is 2.27. The molecule has 3 amide bonds. The van der Waals surface area contributed by atoms with E-state index >= 15 is 0 Å². The first-order valence-corrected chi connectivity index (χ1v) is 10.6. The number of carbonyl (C=O) groups is 3. The number of hydrogen-bond donors (Lipinski definition) is 2. The third-order valence-corrected chi connectivity index (χ3v) is 5.44. The molecule has 0 saturated carbocycles. The maximum Gasteiger partial charge on any atom is 0.262 e. The summed E-state index contributed by atoms with van der Waals surface area (Å²) in [5.74, 6) is -0.188. The van der Waals surface area contributed by atoms with Gasteiger partial charge in [-0.25, -0.2) is 0 Å². The number of aryl methyl sites for hydroxylation is 1. The van der Waals surface area contributed by atoms with Crippen LogP contribution in [0.1, 0.15) is 30.9 Å². The second kappa shape index (κ2) is 10.1. The fourth-order valence-electron chi connectivity index (χ4n) is 3.47. The SMILES string of the molecule is CCCNC(=O)[C@@H]1CC(=O)N(c2ccc(OCC(=O)Nc3cccc(C)c3C)cc2)C1. The van der Waals surface area contributed by atoms with Gasteiger partial charge in [-0.1, -0.05) is 19.1 Å². The fraction of sp³-hybridized carbons (Fsp3) is 0.375. The minimum absolute atomic E-state index is 0.0711. The van der Waals surface area contributed by atoms with Gasteiger partial charge in [-0.05, 0) is 61.7 Å². The largest absolute Gasteiger partial charge is 0.484 e.